The number of hydrogen-bond acceptors (Lipinski definition) is 1. The standard InChI is InChI=1S/C13H16FN/c1-3-4-5-10-15-11(2)12-6-8-13(14)9-7-12/h6-9,11,15H,5,10H2,1-2H3/t11-/m1/s1. The molecule has 0 spiro atoms. The van der Waals surface area contributed by atoms with Gasteiger partial charge in [-0.05, 0) is 31.5 Å². The molecule has 0 unspecified atom stereocenters. The molecule has 1 aromatic carbocycles. The Kier molecular flexibility index (Phi) is 4.86. The predicted octanol–water partition coefficient (Wildman–Crippen LogP) is 2.89. The van der Waals surface area contributed by atoms with Crippen LogP contribution in [0.2, 0.25) is 0 Å². The van der Waals surface area contributed by atoms with Crippen LogP contribution in [0, 0.1) is 17.7 Å². The van der Waals surface area contributed by atoms with E-state index in [1.54, 1.807) is 12.1 Å². The topological polar surface area (TPSA) is 12.0 Å². The average Bonchev–Trinajstić information content (AvgIpc) is 2.25. The summed E-state index contributed by atoms with van der Waals surface area (Å²) in [4.78, 5) is 0. The van der Waals surface area contributed by atoms with E-state index in [4.69, 9.17) is 0 Å². The average molecular weight is 205 g/mol. The van der Waals surface area contributed by atoms with Crippen molar-refractivity contribution in [3.05, 3.63) is 35.6 Å². The largest absolute Gasteiger partial charge is 0.309 e. The zero-order valence-electron chi connectivity index (χ0n) is 9.18. The molecule has 1 rings (SSSR count). The van der Waals surface area contributed by atoms with Crippen molar-refractivity contribution in [2.24, 2.45) is 0 Å². The minimum absolute atomic E-state index is 0.192. The van der Waals surface area contributed by atoms with E-state index in [0.717, 1.165) is 18.5 Å². The van der Waals surface area contributed by atoms with Crippen molar-refractivity contribution >= 4 is 0 Å². The van der Waals surface area contributed by atoms with Gasteiger partial charge in [0.05, 0.1) is 0 Å². The van der Waals surface area contributed by atoms with Gasteiger partial charge in [0.2, 0.25) is 0 Å². The van der Waals surface area contributed by atoms with Gasteiger partial charge in [0.1, 0.15) is 5.82 Å². The van der Waals surface area contributed by atoms with Gasteiger partial charge < -0.3 is 5.32 Å². The molecule has 1 aromatic rings. The Hall–Kier alpha value is -1.33. The number of nitrogens with one attached hydrogen (secondary N) is 1. The third-order valence-corrected chi connectivity index (χ3v) is 2.25. The van der Waals surface area contributed by atoms with E-state index < -0.39 is 0 Å². The van der Waals surface area contributed by atoms with Crippen LogP contribution in [0.5, 0.6) is 0 Å². The normalized spacial score (nSPS) is 11.7. The van der Waals surface area contributed by atoms with Crippen molar-refractivity contribution in [2.75, 3.05) is 6.54 Å². The van der Waals surface area contributed by atoms with E-state index in [1.165, 1.54) is 12.1 Å². The van der Waals surface area contributed by atoms with Crippen LogP contribution in [-0.4, -0.2) is 6.54 Å². The highest BCUT2D eigenvalue weighted by molar-refractivity contribution is 5.19. The lowest BCUT2D eigenvalue weighted by Crippen LogP contribution is -2.19. The van der Waals surface area contributed by atoms with Gasteiger partial charge in [0.15, 0.2) is 0 Å². The van der Waals surface area contributed by atoms with Gasteiger partial charge in [-0.15, -0.1) is 11.8 Å². The highest BCUT2D eigenvalue weighted by Gasteiger charge is 2.03. The lowest BCUT2D eigenvalue weighted by Gasteiger charge is -2.12. The number of halogens is 1. The first-order valence-corrected chi connectivity index (χ1v) is 5.12. The zero-order valence-corrected chi connectivity index (χ0v) is 9.18. The fraction of sp³-hybridized carbons (Fsp3) is 0.385. The number of rotatable bonds is 4. The molecule has 0 aliphatic carbocycles. The fourth-order valence-corrected chi connectivity index (χ4v) is 1.35. The third kappa shape index (κ3) is 4.14. The lowest BCUT2D eigenvalue weighted by molar-refractivity contribution is 0.580. The van der Waals surface area contributed by atoms with Crippen molar-refractivity contribution < 1.29 is 4.39 Å². The first kappa shape index (κ1) is 11.7. The predicted molar refractivity (Wildman–Crippen MR) is 60.9 cm³/mol. The molecule has 1 atom stereocenters. The molecule has 15 heavy (non-hydrogen) atoms. The summed E-state index contributed by atoms with van der Waals surface area (Å²) in [6.07, 6.45) is 0.849. The Labute approximate surface area is 90.7 Å². The first-order chi connectivity index (χ1) is 7.24. The van der Waals surface area contributed by atoms with Gasteiger partial charge in [-0.1, -0.05) is 12.1 Å². The van der Waals surface area contributed by atoms with Crippen LogP contribution in [0.1, 0.15) is 31.9 Å². The minimum atomic E-state index is -0.192. The molecule has 1 nitrogen and oxygen atoms in total. The van der Waals surface area contributed by atoms with Crippen LogP contribution in [-0.2, 0) is 0 Å². The van der Waals surface area contributed by atoms with Crippen molar-refractivity contribution in [3.8, 4) is 11.8 Å². The van der Waals surface area contributed by atoms with E-state index in [2.05, 4.69) is 24.1 Å². The molecule has 0 radical (unpaired) electrons. The highest BCUT2D eigenvalue weighted by atomic mass is 19.1. The molecule has 1 N–H and O–H groups in total. The van der Waals surface area contributed by atoms with Crippen molar-refractivity contribution in [1.29, 1.82) is 0 Å². The maximum atomic E-state index is 12.7. The Bertz CT molecular complexity index is 345. The van der Waals surface area contributed by atoms with Crippen molar-refractivity contribution in [3.63, 3.8) is 0 Å². The second kappa shape index (κ2) is 6.21. The van der Waals surface area contributed by atoms with E-state index in [-0.39, 0.29) is 11.9 Å². The molecule has 2 heteroatoms. The Balaban J connectivity index is 2.41. The monoisotopic (exact) mass is 205 g/mol. The summed E-state index contributed by atoms with van der Waals surface area (Å²) >= 11 is 0. The molecular weight excluding hydrogens is 189 g/mol. The number of benzene rings is 1. The Morgan fingerprint density at radius 3 is 2.60 bits per heavy atom. The van der Waals surface area contributed by atoms with E-state index in [0.29, 0.717) is 0 Å². The summed E-state index contributed by atoms with van der Waals surface area (Å²) in [6, 6.07) is 6.82. The summed E-state index contributed by atoms with van der Waals surface area (Å²) in [7, 11) is 0. The van der Waals surface area contributed by atoms with E-state index in [9.17, 15) is 4.39 Å². The number of hydrogen-bond donors (Lipinski definition) is 1. The minimum Gasteiger partial charge on any atom is -0.309 e. The highest BCUT2D eigenvalue weighted by Crippen LogP contribution is 2.12. The summed E-state index contributed by atoms with van der Waals surface area (Å²) in [5.74, 6) is 5.65. The van der Waals surface area contributed by atoms with Crippen LogP contribution >= 0.6 is 0 Å². The summed E-state index contributed by atoms with van der Waals surface area (Å²) in [5.41, 5.74) is 1.10. The SMILES string of the molecule is CC#CCCN[C@H](C)c1ccc(F)cc1. The molecule has 0 aromatic heterocycles. The van der Waals surface area contributed by atoms with Gasteiger partial charge in [-0.2, -0.15) is 0 Å². The molecule has 0 amide bonds. The van der Waals surface area contributed by atoms with Gasteiger partial charge in [-0.25, -0.2) is 4.39 Å². The second-order valence-corrected chi connectivity index (χ2v) is 3.40. The van der Waals surface area contributed by atoms with Gasteiger partial charge in [0.25, 0.3) is 0 Å². The molecule has 80 valence electrons. The molecule has 0 heterocycles. The molecule has 0 aliphatic rings. The van der Waals surface area contributed by atoms with Crippen molar-refractivity contribution in [2.45, 2.75) is 26.3 Å². The van der Waals surface area contributed by atoms with Crippen LogP contribution in [0.25, 0.3) is 0 Å². The molecule has 0 bridgehead atoms. The van der Waals surface area contributed by atoms with E-state index in [1.807, 2.05) is 6.92 Å². The molecular formula is C13H16FN. The summed E-state index contributed by atoms with van der Waals surface area (Å²) < 4.78 is 12.7. The van der Waals surface area contributed by atoms with Gasteiger partial charge >= 0.3 is 0 Å². The maximum absolute atomic E-state index is 12.7. The fourth-order valence-electron chi connectivity index (χ4n) is 1.35. The van der Waals surface area contributed by atoms with Gasteiger partial charge in [-0.3, -0.25) is 0 Å². The molecule has 0 fully saturated rings. The quantitative estimate of drug-likeness (QED) is 0.588. The summed E-state index contributed by atoms with van der Waals surface area (Å²) in [6.45, 7) is 4.76. The van der Waals surface area contributed by atoms with Gasteiger partial charge in [0, 0.05) is 19.0 Å². The smallest absolute Gasteiger partial charge is 0.123 e. The lowest BCUT2D eigenvalue weighted by atomic mass is 10.1. The second-order valence-electron chi connectivity index (χ2n) is 3.40. The maximum Gasteiger partial charge on any atom is 0.123 e. The molecule has 0 saturated heterocycles. The zero-order chi connectivity index (χ0) is 11.1. The molecule has 0 aliphatic heterocycles. The first-order valence-electron chi connectivity index (χ1n) is 5.12. The Morgan fingerprint density at radius 1 is 1.33 bits per heavy atom. The Morgan fingerprint density at radius 2 is 2.00 bits per heavy atom. The van der Waals surface area contributed by atoms with Crippen LogP contribution in [0.3, 0.4) is 0 Å². The van der Waals surface area contributed by atoms with Crippen LogP contribution in [0.15, 0.2) is 24.3 Å². The summed E-state index contributed by atoms with van der Waals surface area (Å²) in [5, 5.41) is 3.33. The van der Waals surface area contributed by atoms with Crippen LogP contribution in [0.4, 0.5) is 4.39 Å². The third-order valence-electron chi connectivity index (χ3n) is 2.25. The van der Waals surface area contributed by atoms with Crippen LogP contribution < -0.4 is 5.32 Å². The molecule has 0 saturated carbocycles. The van der Waals surface area contributed by atoms with E-state index >= 15 is 0 Å². The van der Waals surface area contributed by atoms with Crippen molar-refractivity contribution in [1.82, 2.24) is 5.32 Å².